The molecule has 33 heavy (non-hydrogen) atoms. The zero-order chi connectivity index (χ0) is 23.8. The van der Waals surface area contributed by atoms with Crippen LogP contribution in [0.25, 0.3) is 11.2 Å². The highest BCUT2D eigenvalue weighted by molar-refractivity contribution is 7.98. The maximum absolute atomic E-state index is 10.9. The second kappa shape index (κ2) is 9.40. The Morgan fingerprint density at radius 1 is 1.18 bits per heavy atom. The third kappa shape index (κ3) is 5.20. The van der Waals surface area contributed by atoms with Crippen molar-refractivity contribution >= 4 is 36.4 Å². The molecular formula is C17H18N5O9PS. The zero-order valence-corrected chi connectivity index (χ0v) is 18.3. The Labute approximate surface area is 189 Å². The number of non-ortho nitro benzene ring substituents is 1. The molecule has 0 radical (unpaired) electrons. The molecule has 176 valence electrons. The molecule has 4 rings (SSSR count). The van der Waals surface area contributed by atoms with Crippen molar-refractivity contribution in [1.82, 2.24) is 19.5 Å². The van der Waals surface area contributed by atoms with E-state index in [1.807, 2.05) is 0 Å². The van der Waals surface area contributed by atoms with Crippen LogP contribution in [-0.2, 0) is 19.6 Å². The fraction of sp³-hybridized carbons (Fsp3) is 0.353. The number of benzene rings is 1. The number of rotatable bonds is 8. The van der Waals surface area contributed by atoms with Gasteiger partial charge < -0.3 is 24.7 Å². The smallest absolute Gasteiger partial charge is 0.387 e. The van der Waals surface area contributed by atoms with Gasteiger partial charge in [-0.3, -0.25) is 19.2 Å². The molecule has 14 nitrogen and oxygen atoms in total. The van der Waals surface area contributed by atoms with Crippen LogP contribution in [0.1, 0.15) is 11.8 Å². The molecule has 0 aliphatic carbocycles. The van der Waals surface area contributed by atoms with Gasteiger partial charge in [-0.05, 0) is 5.56 Å². The molecule has 0 spiro atoms. The highest BCUT2D eigenvalue weighted by Crippen LogP contribution is 2.39. The van der Waals surface area contributed by atoms with E-state index in [9.17, 15) is 24.9 Å². The molecule has 4 atom stereocenters. The van der Waals surface area contributed by atoms with Gasteiger partial charge >= 0.3 is 7.82 Å². The minimum absolute atomic E-state index is 0.00581. The van der Waals surface area contributed by atoms with Crippen molar-refractivity contribution in [1.29, 1.82) is 0 Å². The molecule has 3 aromatic rings. The third-order valence-corrected chi connectivity index (χ3v) is 6.40. The summed E-state index contributed by atoms with van der Waals surface area (Å²) in [6.07, 6.45) is -2.56. The van der Waals surface area contributed by atoms with Crippen LogP contribution < -0.4 is 0 Å². The van der Waals surface area contributed by atoms with Gasteiger partial charge in [-0.1, -0.05) is 23.9 Å². The van der Waals surface area contributed by atoms with Gasteiger partial charge in [0.05, 0.1) is 17.9 Å². The fourth-order valence-electron chi connectivity index (χ4n) is 3.26. The fourth-order valence-corrected chi connectivity index (χ4v) is 4.49. The number of phosphoric ester groups is 1. The standard InChI is InChI=1S/C17H18N5O9PS/c23-13-11(5-30-32(27,28)29)31-17(14(13)24)21-8-20-12-15(21)18-7-19-16(12)33-6-9-1-3-10(4-2-9)22(25)26/h1-4,7-8,11,13-14,17,23-24H,5-6H2,(H2,27,28,29)/t11-,13+,14?,17-/m1/s1. The number of aliphatic hydroxyl groups excluding tert-OH is 2. The number of nitro groups is 1. The van der Waals surface area contributed by atoms with Crippen molar-refractivity contribution in [3.05, 3.63) is 52.6 Å². The normalized spacial score (nSPS) is 23.3. The van der Waals surface area contributed by atoms with Gasteiger partial charge in [0.15, 0.2) is 11.9 Å². The quantitative estimate of drug-likeness (QED) is 0.111. The highest BCUT2D eigenvalue weighted by Gasteiger charge is 2.45. The Kier molecular flexibility index (Phi) is 6.74. The van der Waals surface area contributed by atoms with Gasteiger partial charge in [-0.2, -0.15) is 0 Å². The van der Waals surface area contributed by atoms with Gasteiger partial charge in [0, 0.05) is 17.9 Å². The number of fused-ring (bicyclic) bond motifs is 1. The largest absolute Gasteiger partial charge is 0.469 e. The van der Waals surface area contributed by atoms with Crippen LogP contribution in [0.4, 0.5) is 5.69 Å². The van der Waals surface area contributed by atoms with E-state index < -0.39 is 43.9 Å². The van der Waals surface area contributed by atoms with Crippen molar-refractivity contribution in [3.8, 4) is 0 Å². The Balaban J connectivity index is 1.51. The predicted octanol–water partition coefficient (Wildman–Crippen LogP) is 0.755. The van der Waals surface area contributed by atoms with E-state index in [1.165, 1.54) is 41.1 Å². The Hall–Kier alpha value is -2.49. The van der Waals surface area contributed by atoms with Crippen LogP contribution in [0, 0.1) is 10.1 Å². The lowest BCUT2D eigenvalue weighted by molar-refractivity contribution is -0.384. The van der Waals surface area contributed by atoms with E-state index in [4.69, 9.17) is 14.5 Å². The molecule has 0 saturated carbocycles. The summed E-state index contributed by atoms with van der Waals surface area (Å²) in [7, 11) is -4.78. The molecule has 4 N–H and O–H groups in total. The van der Waals surface area contributed by atoms with E-state index >= 15 is 0 Å². The minimum Gasteiger partial charge on any atom is -0.387 e. The molecule has 0 bridgehead atoms. The summed E-state index contributed by atoms with van der Waals surface area (Å²) in [5, 5.41) is 31.9. The maximum Gasteiger partial charge on any atom is 0.469 e. The van der Waals surface area contributed by atoms with Crippen LogP contribution in [0.15, 0.2) is 41.9 Å². The lowest BCUT2D eigenvalue weighted by Crippen LogP contribution is -2.33. The number of ether oxygens (including phenoxy) is 1. The van der Waals surface area contributed by atoms with Crippen LogP contribution in [-0.4, -0.2) is 69.4 Å². The average Bonchev–Trinajstić information content (AvgIpc) is 3.32. The van der Waals surface area contributed by atoms with Crippen LogP contribution in [0.5, 0.6) is 0 Å². The SMILES string of the molecule is O=[N+]([O-])c1ccc(CSc2ncnc3c2ncn3[C@@H]2O[C@H](COP(=O)(O)O)[C@H](O)C2O)cc1. The number of imidazole rings is 1. The number of nitrogens with zero attached hydrogens (tertiary/aromatic N) is 5. The van der Waals surface area contributed by atoms with Gasteiger partial charge in [0.2, 0.25) is 0 Å². The summed E-state index contributed by atoms with van der Waals surface area (Å²) in [6, 6.07) is 6.12. The summed E-state index contributed by atoms with van der Waals surface area (Å²) in [5.41, 5.74) is 1.55. The number of aliphatic hydroxyl groups is 2. The van der Waals surface area contributed by atoms with Crippen LogP contribution in [0.2, 0.25) is 0 Å². The first-order chi connectivity index (χ1) is 15.6. The van der Waals surface area contributed by atoms with Crippen molar-refractivity contribution < 1.29 is 38.7 Å². The van der Waals surface area contributed by atoms with E-state index in [0.717, 1.165) is 5.56 Å². The summed E-state index contributed by atoms with van der Waals surface area (Å²) < 4.78 is 22.2. The molecule has 1 aliphatic heterocycles. The topological polar surface area (TPSA) is 203 Å². The van der Waals surface area contributed by atoms with Crippen molar-refractivity contribution in [2.75, 3.05) is 6.61 Å². The van der Waals surface area contributed by atoms with Gasteiger partial charge in [0.1, 0.15) is 35.2 Å². The van der Waals surface area contributed by atoms with Crippen LogP contribution in [0.3, 0.4) is 0 Å². The number of thioether (sulfide) groups is 1. The van der Waals surface area contributed by atoms with Gasteiger partial charge in [-0.25, -0.2) is 19.5 Å². The first-order valence-electron chi connectivity index (χ1n) is 9.39. The first kappa shape index (κ1) is 23.7. The molecular weight excluding hydrogens is 481 g/mol. The number of nitro benzene ring substituents is 1. The Morgan fingerprint density at radius 2 is 1.91 bits per heavy atom. The molecule has 1 aromatic carbocycles. The molecule has 1 aliphatic rings. The maximum atomic E-state index is 10.9. The Morgan fingerprint density at radius 3 is 2.58 bits per heavy atom. The van der Waals surface area contributed by atoms with Gasteiger partial charge in [0.25, 0.3) is 5.69 Å². The summed E-state index contributed by atoms with van der Waals surface area (Å²) in [4.78, 5) is 40.7. The number of hydrogen-bond acceptors (Lipinski definition) is 11. The third-order valence-electron chi connectivity index (χ3n) is 4.87. The molecule has 3 heterocycles. The number of phosphoric acid groups is 1. The number of hydrogen-bond donors (Lipinski definition) is 4. The zero-order valence-electron chi connectivity index (χ0n) is 16.6. The van der Waals surface area contributed by atoms with E-state index in [0.29, 0.717) is 21.9 Å². The highest BCUT2D eigenvalue weighted by atomic mass is 32.2. The minimum atomic E-state index is -4.78. The lowest BCUT2D eigenvalue weighted by atomic mass is 10.1. The second-order valence-corrected chi connectivity index (χ2v) is 9.25. The van der Waals surface area contributed by atoms with Gasteiger partial charge in [-0.15, -0.1) is 0 Å². The Bertz CT molecular complexity index is 1200. The monoisotopic (exact) mass is 499 g/mol. The van der Waals surface area contributed by atoms with Crippen molar-refractivity contribution in [2.45, 2.75) is 35.3 Å². The van der Waals surface area contributed by atoms with E-state index in [2.05, 4.69) is 19.5 Å². The van der Waals surface area contributed by atoms with Crippen molar-refractivity contribution in [3.63, 3.8) is 0 Å². The molecule has 2 aromatic heterocycles. The summed E-state index contributed by atoms with van der Waals surface area (Å²) in [5.74, 6) is 0.458. The first-order valence-corrected chi connectivity index (χ1v) is 11.9. The second-order valence-electron chi connectivity index (χ2n) is 7.05. The lowest BCUT2D eigenvalue weighted by Gasteiger charge is -2.16. The average molecular weight is 499 g/mol. The van der Waals surface area contributed by atoms with E-state index in [1.54, 1.807) is 12.1 Å². The van der Waals surface area contributed by atoms with Crippen LogP contribution >= 0.6 is 19.6 Å². The molecule has 0 amide bonds. The summed E-state index contributed by atoms with van der Waals surface area (Å²) in [6.45, 7) is -0.628. The predicted molar refractivity (Wildman–Crippen MR) is 112 cm³/mol. The van der Waals surface area contributed by atoms with E-state index in [-0.39, 0.29) is 5.69 Å². The molecule has 1 unspecified atom stereocenters. The molecule has 16 heteroatoms. The number of aromatic nitrogens is 4. The molecule has 1 fully saturated rings. The summed E-state index contributed by atoms with van der Waals surface area (Å²) >= 11 is 1.33. The molecule has 1 saturated heterocycles. The van der Waals surface area contributed by atoms with Crippen molar-refractivity contribution in [2.24, 2.45) is 0 Å².